The molecular weight excluding hydrogens is 134 g/mol. The highest BCUT2D eigenvalue weighted by Gasteiger charge is 2.27. The van der Waals surface area contributed by atoms with Gasteiger partial charge in [-0.3, -0.25) is 0 Å². The van der Waals surface area contributed by atoms with Gasteiger partial charge in [-0.1, -0.05) is 26.7 Å². The zero-order chi connectivity index (χ0) is 8.27. The van der Waals surface area contributed by atoms with Crippen LogP contribution < -0.4 is 0 Å². The zero-order valence-electron chi connectivity index (χ0n) is 8.14. The maximum Gasteiger partial charge on any atom is 0.000985 e. The lowest BCUT2D eigenvalue weighted by Gasteiger charge is -2.14. The van der Waals surface area contributed by atoms with E-state index >= 15 is 0 Å². The summed E-state index contributed by atoms with van der Waals surface area (Å²) in [4.78, 5) is 2.48. The van der Waals surface area contributed by atoms with Crippen molar-refractivity contribution in [3.05, 3.63) is 0 Å². The monoisotopic (exact) mass is 155 g/mol. The van der Waals surface area contributed by atoms with Crippen molar-refractivity contribution in [3.63, 3.8) is 0 Å². The van der Waals surface area contributed by atoms with Gasteiger partial charge in [-0.2, -0.15) is 0 Å². The molecule has 1 heterocycles. The van der Waals surface area contributed by atoms with Gasteiger partial charge >= 0.3 is 0 Å². The summed E-state index contributed by atoms with van der Waals surface area (Å²) < 4.78 is 0. The molecule has 0 aromatic carbocycles. The van der Waals surface area contributed by atoms with E-state index in [1.807, 2.05) is 0 Å². The van der Waals surface area contributed by atoms with Gasteiger partial charge in [0.25, 0.3) is 0 Å². The topological polar surface area (TPSA) is 3.24 Å². The molecule has 0 spiro atoms. The Labute approximate surface area is 70.8 Å². The summed E-state index contributed by atoms with van der Waals surface area (Å²) in [6.45, 7) is 7.30. The van der Waals surface area contributed by atoms with Crippen molar-refractivity contribution in [1.82, 2.24) is 4.90 Å². The molecule has 0 N–H and O–H groups in total. The standard InChI is InChI=1S/C10H21N/c1-4-6-10-8-11(3)7-9(10)5-2/h9-10H,4-8H2,1-3H3/t9-,10+/m0/s1. The molecule has 1 aliphatic heterocycles. The second-order valence-electron chi connectivity index (χ2n) is 3.94. The van der Waals surface area contributed by atoms with E-state index in [-0.39, 0.29) is 0 Å². The Bertz CT molecular complexity index is 111. The minimum atomic E-state index is 0.986. The Balaban J connectivity index is 2.37. The summed E-state index contributed by atoms with van der Waals surface area (Å²) in [6, 6.07) is 0. The lowest BCUT2D eigenvalue weighted by atomic mass is 9.90. The fraction of sp³-hybridized carbons (Fsp3) is 1.00. The van der Waals surface area contributed by atoms with Crippen LogP contribution in [0.4, 0.5) is 0 Å². The molecule has 1 fully saturated rings. The average molecular weight is 155 g/mol. The van der Waals surface area contributed by atoms with Crippen LogP contribution in [0, 0.1) is 11.8 Å². The molecule has 1 rings (SSSR count). The minimum absolute atomic E-state index is 0.986. The summed E-state index contributed by atoms with van der Waals surface area (Å²) in [5, 5.41) is 0. The van der Waals surface area contributed by atoms with E-state index in [9.17, 15) is 0 Å². The van der Waals surface area contributed by atoms with E-state index in [2.05, 4.69) is 25.8 Å². The highest BCUT2D eigenvalue weighted by atomic mass is 15.1. The van der Waals surface area contributed by atoms with Crippen molar-refractivity contribution in [3.8, 4) is 0 Å². The summed E-state index contributed by atoms with van der Waals surface area (Å²) in [5.74, 6) is 1.98. The molecule has 1 aliphatic rings. The molecule has 66 valence electrons. The largest absolute Gasteiger partial charge is 0.306 e. The fourth-order valence-electron chi connectivity index (χ4n) is 2.33. The first kappa shape index (κ1) is 9.05. The summed E-state index contributed by atoms with van der Waals surface area (Å²) in [6.07, 6.45) is 4.16. The Hall–Kier alpha value is -0.0400. The third-order valence-electron chi connectivity index (χ3n) is 2.94. The first-order valence-corrected chi connectivity index (χ1v) is 4.96. The first-order chi connectivity index (χ1) is 5.27. The Morgan fingerprint density at radius 3 is 2.36 bits per heavy atom. The number of hydrogen-bond acceptors (Lipinski definition) is 1. The van der Waals surface area contributed by atoms with Gasteiger partial charge in [-0.25, -0.2) is 0 Å². The van der Waals surface area contributed by atoms with Gasteiger partial charge in [0.1, 0.15) is 0 Å². The zero-order valence-corrected chi connectivity index (χ0v) is 8.14. The molecule has 1 heteroatoms. The van der Waals surface area contributed by atoms with Crippen LogP contribution >= 0.6 is 0 Å². The molecular formula is C10H21N. The Morgan fingerprint density at radius 2 is 1.82 bits per heavy atom. The van der Waals surface area contributed by atoms with E-state index < -0.39 is 0 Å². The third-order valence-corrected chi connectivity index (χ3v) is 2.94. The van der Waals surface area contributed by atoms with Gasteiger partial charge in [0.15, 0.2) is 0 Å². The Kier molecular flexibility index (Phi) is 3.38. The molecule has 0 unspecified atom stereocenters. The maximum absolute atomic E-state index is 2.48. The molecule has 2 atom stereocenters. The normalized spacial score (nSPS) is 33.0. The van der Waals surface area contributed by atoms with Gasteiger partial charge in [0, 0.05) is 13.1 Å². The highest BCUT2D eigenvalue weighted by Crippen LogP contribution is 2.28. The molecule has 0 bridgehead atoms. The van der Waals surface area contributed by atoms with Gasteiger partial charge < -0.3 is 4.90 Å². The van der Waals surface area contributed by atoms with E-state index in [0.29, 0.717) is 0 Å². The molecule has 0 aliphatic carbocycles. The number of nitrogens with zero attached hydrogens (tertiary/aromatic N) is 1. The van der Waals surface area contributed by atoms with Crippen molar-refractivity contribution in [1.29, 1.82) is 0 Å². The minimum Gasteiger partial charge on any atom is -0.306 e. The second-order valence-corrected chi connectivity index (χ2v) is 3.94. The SMILES string of the molecule is CCC[C@@H]1CN(C)C[C@@H]1CC. The lowest BCUT2D eigenvalue weighted by molar-refractivity contribution is 0.379. The highest BCUT2D eigenvalue weighted by molar-refractivity contribution is 4.80. The predicted octanol–water partition coefficient (Wildman–Crippen LogP) is 2.37. The molecule has 0 radical (unpaired) electrons. The quantitative estimate of drug-likeness (QED) is 0.605. The van der Waals surface area contributed by atoms with Crippen molar-refractivity contribution in [2.24, 2.45) is 11.8 Å². The van der Waals surface area contributed by atoms with E-state index in [1.165, 1.54) is 32.4 Å². The van der Waals surface area contributed by atoms with Gasteiger partial charge in [-0.15, -0.1) is 0 Å². The van der Waals surface area contributed by atoms with Crippen LogP contribution in [-0.4, -0.2) is 25.0 Å². The van der Waals surface area contributed by atoms with Crippen molar-refractivity contribution < 1.29 is 0 Å². The summed E-state index contributed by atoms with van der Waals surface area (Å²) >= 11 is 0. The van der Waals surface area contributed by atoms with Crippen LogP contribution in [0.2, 0.25) is 0 Å². The van der Waals surface area contributed by atoms with Gasteiger partial charge in [-0.05, 0) is 25.3 Å². The smallest absolute Gasteiger partial charge is 0.000985 e. The van der Waals surface area contributed by atoms with Crippen molar-refractivity contribution >= 4 is 0 Å². The van der Waals surface area contributed by atoms with Crippen LogP contribution in [0.25, 0.3) is 0 Å². The molecule has 11 heavy (non-hydrogen) atoms. The summed E-state index contributed by atoms with van der Waals surface area (Å²) in [5.41, 5.74) is 0. The third kappa shape index (κ3) is 2.19. The van der Waals surface area contributed by atoms with Crippen LogP contribution in [0.3, 0.4) is 0 Å². The lowest BCUT2D eigenvalue weighted by Crippen LogP contribution is -2.13. The fourth-order valence-corrected chi connectivity index (χ4v) is 2.33. The van der Waals surface area contributed by atoms with Crippen LogP contribution in [0.15, 0.2) is 0 Å². The van der Waals surface area contributed by atoms with E-state index in [0.717, 1.165) is 11.8 Å². The molecule has 1 nitrogen and oxygen atoms in total. The number of rotatable bonds is 3. The van der Waals surface area contributed by atoms with Gasteiger partial charge in [0.2, 0.25) is 0 Å². The predicted molar refractivity (Wildman–Crippen MR) is 49.7 cm³/mol. The molecule has 0 aromatic heterocycles. The molecule has 0 aromatic rings. The van der Waals surface area contributed by atoms with Crippen molar-refractivity contribution in [2.75, 3.05) is 20.1 Å². The molecule has 0 amide bonds. The second kappa shape index (κ2) is 4.10. The number of hydrogen-bond donors (Lipinski definition) is 0. The summed E-state index contributed by atoms with van der Waals surface area (Å²) in [7, 11) is 2.25. The van der Waals surface area contributed by atoms with Crippen LogP contribution in [0.5, 0.6) is 0 Å². The Morgan fingerprint density at radius 1 is 1.18 bits per heavy atom. The maximum atomic E-state index is 2.48. The van der Waals surface area contributed by atoms with Crippen LogP contribution in [-0.2, 0) is 0 Å². The van der Waals surface area contributed by atoms with Crippen LogP contribution in [0.1, 0.15) is 33.1 Å². The first-order valence-electron chi connectivity index (χ1n) is 4.96. The molecule has 0 saturated carbocycles. The van der Waals surface area contributed by atoms with E-state index in [1.54, 1.807) is 0 Å². The number of likely N-dealkylation sites (tertiary alicyclic amines) is 1. The van der Waals surface area contributed by atoms with E-state index in [4.69, 9.17) is 0 Å². The van der Waals surface area contributed by atoms with Gasteiger partial charge in [0.05, 0.1) is 0 Å². The molecule has 1 saturated heterocycles. The van der Waals surface area contributed by atoms with Crippen molar-refractivity contribution in [2.45, 2.75) is 33.1 Å². The average Bonchev–Trinajstić information content (AvgIpc) is 2.32.